The topological polar surface area (TPSA) is 131 Å². The predicted octanol–water partition coefficient (Wildman–Crippen LogP) is 9.25. The van der Waals surface area contributed by atoms with Gasteiger partial charge in [0.05, 0.1) is 51.0 Å². The van der Waals surface area contributed by atoms with Crippen LogP contribution in [0.25, 0.3) is 0 Å². The highest BCUT2D eigenvalue weighted by atomic mass is 19.1. The van der Waals surface area contributed by atoms with Crippen molar-refractivity contribution in [3.63, 3.8) is 0 Å². The Labute approximate surface area is 402 Å². The first-order chi connectivity index (χ1) is 32.2. The molecule has 68 heavy (non-hydrogen) atoms. The lowest BCUT2D eigenvalue weighted by molar-refractivity contribution is -0.152. The number of methoxy groups -OCH3 is 2. The van der Waals surface area contributed by atoms with Crippen LogP contribution in [0.2, 0.25) is 0 Å². The number of carbonyl (C=O) groups excluding carboxylic acids is 6. The fraction of sp³-hybridized carbons (Fsp3) is 0.571. The van der Waals surface area contributed by atoms with Gasteiger partial charge in [0.2, 0.25) is 11.8 Å². The van der Waals surface area contributed by atoms with E-state index >= 15 is 0 Å². The normalized spacial score (nSPS) is 23.1. The van der Waals surface area contributed by atoms with Gasteiger partial charge in [-0.15, -0.1) is 0 Å². The molecular weight excluding hydrogens is 862 g/mol. The third-order valence-electron chi connectivity index (χ3n) is 15.6. The molecule has 0 spiro atoms. The maximum Gasteiger partial charge on any atom is 0.306 e. The average molecular weight is 934 g/mol. The van der Waals surface area contributed by atoms with E-state index in [2.05, 4.69) is 4.90 Å². The van der Waals surface area contributed by atoms with Crippen molar-refractivity contribution in [3.05, 3.63) is 101 Å². The van der Waals surface area contributed by atoms with Gasteiger partial charge in [-0.3, -0.25) is 28.8 Å². The fourth-order valence-electron chi connectivity index (χ4n) is 11.7. The first kappa shape index (κ1) is 50.5. The number of carbonyl (C=O) groups is 6. The van der Waals surface area contributed by atoms with Gasteiger partial charge in [-0.2, -0.15) is 0 Å². The quantitative estimate of drug-likeness (QED) is 0.122. The van der Waals surface area contributed by atoms with Crippen molar-refractivity contribution in [3.8, 4) is 0 Å². The summed E-state index contributed by atoms with van der Waals surface area (Å²) in [6.45, 7) is 12.7. The lowest BCUT2D eigenvalue weighted by Gasteiger charge is -2.37. The van der Waals surface area contributed by atoms with Crippen LogP contribution in [0.4, 0.5) is 10.1 Å². The standard InChI is InChI=1S/C56H72FN3O8/c1-55(2,3)43(31-51(63)67-7)53(65)59-45-13-9-11-39(45)29-47(59)49(61)27-35-15-19-37(20-16-35)33-58(42-25-23-41(57)24-26-42)34-38-21-17-36(18-22-38)28-50(62)48-30-40-12-10-14-46(40)60(48)54(66)44(56(4,5)6)32-52(64)68-8/h15-26,39-40,43-48H,9-14,27-34H2,1-8H3/t39-,40-,43+,44+,45-,46-,47-,48-/m0/s1. The monoisotopic (exact) mass is 934 g/mol. The molecule has 2 aliphatic carbocycles. The molecule has 2 aliphatic heterocycles. The number of nitrogens with zero attached hydrogens (tertiary/aromatic N) is 3. The first-order valence-electron chi connectivity index (χ1n) is 24.7. The molecule has 2 saturated heterocycles. The van der Waals surface area contributed by atoms with Gasteiger partial charge in [0.1, 0.15) is 5.82 Å². The van der Waals surface area contributed by atoms with Gasteiger partial charge in [0.25, 0.3) is 0 Å². The summed E-state index contributed by atoms with van der Waals surface area (Å²) in [6.07, 6.45) is 7.35. The summed E-state index contributed by atoms with van der Waals surface area (Å²) in [7, 11) is 2.67. The Hall–Kier alpha value is -5.39. The molecule has 2 saturated carbocycles. The second-order valence-corrected chi connectivity index (χ2v) is 22.2. The highest BCUT2D eigenvalue weighted by molar-refractivity contribution is 5.94. The number of halogens is 1. The van der Waals surface area contributed by atoms with E-state index in [1.807, 2.05) is 99.9 Å². The van der Waals surface area contributed by atoms with Gasteiger partial charge in [0.15, 0.2) is 11.6 Å². The SMILES string of the molecule is COC(=O)C[C@H](C(=O)N1[C@H](C(=O)Cc2ccc(CN(Cc3ccc(CC(=O)[C@@H]4C[C@@H]5CCC[C@@H]5N4C(=O)[C@@H](CC(=O)OC)C(C)(C)C)cc3)c3ccc(F)cc3)cc2)C[C@@H]2CCC[C@@H]21)C(C)(C)C. The largest absolute Gasteiger partial charge is 0.469 e. The van der Waals surface area contributed by atoms with Crippen LogP contribution >= 0.6 is 0 Å². The molecule has 2 amide bonds. The molecule has 4 fully saturated rings. The van der Waals surface area contributed by atoms with E-state index in [-0.39, 0.29) is 78.8 Å². The average Bonchev–Trinajstić information content (AvgIpc) is 4.10. The summed E-state index contributed by atoms with van der Waals surface area (Å²) in [5.74, 6) is -2.11. The maximum atomic E-state index is 14.3. The molecule has 4 aliphatic rings. The number of benzene rings is 3. The smallest absolute Gasteiger partial charge is 0.306 e. The van der Waals surface area contributed by atoms with Crippen molar-refractivity contribution in [2.75, 3.05) is 19.1 Å². The molecule has 8 atom stereocenters. The Morgan fingerprint density at radius 2 is 0.941 bits per heavy atom. The third kappa shape index (κ3) is 11.5. The van der Waals surface area contributed by atoms with Crippen LogP contribution < -0.4 is 4.90 Å². The summed E-state index contributed by atoms with van der Waals surface area (Å²) in [5, 5.41) is 0. The molecule has 366 valence electrons. The van der Waals surface area contributed by atoms with Crippen LogP contribution in [0.15, 0.2) is 72.8 Å². The van der Waals surface area contributed by atoms with Gasteiger partial charge in [-0.1, -0.05) is 103 Å². The number of rotatable bonds is 17. The number of esters is 2. The Kier molecular flexibility index (Phi) is 15.7. The molecular formula is C56H72FN3O8. The number of hydrogen-bond acceptors (Lipinski definition) is 9. The summed E-state index contributed by atoms with van der Waals surface area (Å²) < 4.78 is 24.1. The summed E-state index contributed by atoms with van der Waals surface area (Å²) in [5.41, 5.74) is 3.54. The number of hydrogen-bond donors (Lipinski definition) is 0. The minimum atomic E-state index is -0.602. The van der Waals surface area contributed by atoms with Crippen molar-refractivity contribution >= 4 is 41.0 Å². The van der Waals surface area contributed by atoms with E-state index in [0.29, 0.717) is 25.9 Å². The van der Waals surface area contributed by atoms with Crippen molar-refractivity contribution in [1.82, 2.24) is 9.80 Å². The number of fused-ring (bicyclic) bond motifs is 2. The van der Waals surface area contributed by atoms with E-state index in [0.717, 1.165) is 66.5 Å². The molecule has 11 nitrogen and oxygen atoms in total. The van der Waals surface area contributed by atoms with E-state index < -0.39 is 46.7 Å². The molecule has 0 N–H and O–H groups in total. The van der Waals surface area contributed by atoms with E-state index in [1.165, 1.54) is 26.4 Å². The highest BCUT2D eigenvalue weighted by Gasteiger charge is 2.52. The van der Waals surface area contributed by atoms with Crippen LogP contribution in [0.1, 0.15) is 128 Å². The summed E-state index contributed by atoms with van der Waals surface area (Å²) in [6, 6.07) is 21.2. The van der Waals surface area contributed by atoms with Gasteiger partial charge >= 0.3 is 11.9 Å². The number of ketones is 2. The second-order valence-electron chi connectivity index (χ2n) is 22.2. The summed E-state index contributed by atoms with van der Waals surface area (Å²) >= 11 is 0. The van der Waals surface area contributed by atoms with E-state index in [1.54, 1.807) is 12.1 Å². The molecule has 0 unspecified atom stereocenters. The predicted molar refractivity (Wildman–Crippen MR) is 259 cm³/mol. The zero-order valence-electron chi connectivity index (χ0n) is 41.4. The van der Waals surface area contributed by atoms with E-state index in [4.69, 9.17) is 9.47 Å². The lowest BCUT2D eigenvalue weighted by atomic mass is 9.77. The van der Waals surface area contributed by atoms with Crippen molar-refractivity contribution in [2.24, 2.45) is 34.5 Å². The Morgan fingerprint density at radius 1 is 0.574 bits per heavy atom. The van der Waals surface area contributed by atoms with Gasteiger partial charge < -0.3 is 24.2 Å². The molecule has 12 heteroatoms. The lowest BCUT2D eigenvalue weighted by Crippen LogP contribution is -2.50. The van der Waals surface area contributed by atoms with Crippen molar-refractivity contribution in [1.29, 1.82) is 0 Å². The molecule has 7 rings (SSSR count). The molecule has 3 aromatic carbocycles. The van der Waals surface area contributed by atoms with Crippen molar-refractivity contribution < 1.29 is 42.6 Å². The molecule has 3 aromatic rings. The Bertz CT molecular complexity index is 2160. The zero-order valence-corrected chi connectivity index (χ0v) is 41.4. The van der Waals surface area contributed by atoms with Gasteiger partial charge in [-0.25, -0.2) is 4.39 Å². The highest BCUT2D eigenvalue weighted by Crippen LogP contribution is 2.46. The van der Waals surface area contributed by atoms with Crippen LogP contribution in [0.5, 0.6) is 0 Å². The molecule has 0 bridgehead atoms. The first-order valence-corrected chi connectivity index (χ1v) is 24.7. The minimum absolute atomic E-state index is 0.00478. The Balaban J connectivity index is 1.02. The van der Waals surface area contributed by atoms with Gasteiger partial charge in [-0.05, 0) is 108 Å². The molecule has 0 aromatic heterocycles. The number of likely N-dealkylation sites (tertiary alicyclic amines) is 2. The maximum absolute atomic E-state index is 14.3. The minimum Gasteiger partial charge on any atom is -0.469 e. The molecule has 2 heterocycles. The summed E-state index contributed by atoms with van der Waals surface area (Å²) in [4.78, 5) is 87.6. The van der Waals surface area contributed by atoms with Crippen LogP contribution in [-0.2, 0) is 64.2 Å². The number of Topliss-reactive ketones (excluding diaryl/α,β-unsaturated/α-hetero) is 2. The third-order valence-corrected chi connectivity index (χ3v) is 15.6. The fourth-order valence-corrected chi connectivity index (χ4v) is 11.7. The number of amides is 2. The van der Waals surface area contributed by atoms with E-state index in [9.17, 15) is 33.2 Å². The van der Waals surface area contributed by atoms with Crippen LogP contribution in [0.3, 0.4) is 0 Å². The Morgan fingerprint density at radius 3 is 1.29 bits per heavy atom. The van der Waals surface area contributed by atoms with Crippen LogP contribution in [-0.4, -0.2) is 83.5 Å². The van der Waals surface area contributed by atoms with Crippen molar-refractivity contribution in [2.45, 2.75) is 156 Å². The molecule has 0 radical (unpaired) electrons. The van der Waals surface area contributed by atoms with Gasteiger partial charge in [0, 0.05) is 43.7 Å². The number of anilines is 1. The second kappa shape index (κ2) is 21.1. The zero-order chi connectivity index (χ0) is 49.1. The number of ether oxygens (including phenoxy) is 2. The van der Waals surface area contributed by atoms with Crippen LogP contribution in [0, 0.1) is 40.3 Å².